The van der Waals surface area contributed by atoms with E-state index in [-0.39, 0.29) is 42.5 Å². The second-order valence-electron chi connectivity index (χ2n) is 11.3. The number of hydrogen-bond donors (Lipinski definition) is 1. The highest BCUT2D eigenvalue weighted by molar-refractivity contribution is 5.87. The van der Waals surface area contributed by atoms with Crippen molar-refractivity contribution in [2.75, 3.05) is 27.2 Å². The molecule has 2 aromatic heterocycles. The van der Waals surface area contributed by atoms with Gasteiger partial charge in [0.25, 0.3) is 0 Å². The van der Waals surface area contributed by atoms with Crippen molar-refractivity contribution < 1.29 is 19.1 Å². The molecule has 226 valence electrons. The summed E-state index contributed by atoms with van der Waals surface area (Å²) in [6.07, 6.45) is 1.94. The quantitative estimate of drug-likeness (QED) is 0.472. The van der Waals surface area contributed by atoms with E-state index in [0.29, 0.717) is 62.1 Å². The number of amides is 3. The summed E-state index contributed by atoms with van der Waals surface area (Å²) >= 11 is 0. The topological polar surface area (TPSA) is 135 Å². The molecule has 0 fully saturated rings. The minimum Gasteiger partial charge on any atom is -0.480 e. The normalized spacial score (nSPS) is 19.0. The lowest BCUT2D eigenvalue weighted by atomic mass is 10.0. The fraction of sp³-hybridized carbons (Fsp3) is 0.567. The first kappa shape index (κ1) is 30.9. The first-order chi connectivity index (χ1) is 20.1. The van der Waals surface area contributed by atoms with Crippen LogP contribution in [0, 0.1) is 12.8 Å². The van der Waals surface area contributed by atoms with Crippen LogP contribution in [0.2, 0.25) is 0 Å². The van der Waals surface area contributed by atoms with Gasteiger partial charge in [0.1, 0.15) is 23.4 Å². The zero-order chi connectivity index (χ0) is 30.4. The number of nitrogens with one attached hydrogen (secondary N) is 1. The van der Waals surface area contributed by atoms with Gasteiger partial charge in [0.05, 0.1) is 30.7 Å². The second kappa shape index (κ2) is 13.7. The smallest absolute Gasteiger partial charge is 0.243 e. The highest BCUT2D eigenvalue weighted by Gasteiger charge is 2.29. The average Bonchev–Trinajstić information content (AvgIpc) is 3.35. The standard InChI is InChI=1S/C30H42N8O4/c1-19(2)18-25-28-31-21(4)35-38(28)17-16-37(15-9-12-26(39)36(5)20(3)29(41)33-25)27(40)14-13-24-30(42-6)34-23-11-8-7-10-22(23)32-24/h7-8,10-11,19-20,25H,9,12-18H2,1-6H3,(H,33,41)/t20-,25+/m0/s1. The zero-order valence-corrected chi connectivity index (χ0v) is 25.5. The lowest BCUT2D eigenvalue weighted by molar-refractivity contribution is -0.139. The molecular formula is C30H42N8O4. The van der Waals surface area contributed by atoms with Gasteiger partial charge < -0.3 is 19.9 Å². The molecule has 42 heavy (non-hydrogen) atoms. The summed E-state index contributed by atoms with van der Waals surface area (Å²) in [4.78, 5) is 56.9. The molecule has 4 rings (SSSR count). The van der Waals surface area contributed by atoms with Crippen LogP contribution in [0.1, 0.15) is 69.8 Å². The fourth-order valence-corrected chi connectivity index (χ4v) is 5.18. The molecular weight excluding hydrogens is 536 g/mol. The Bertz CT molecular complexity index is 1420. The lowest BCUT2D eigenvalue weighted by Gasteiger charge is -2.29. The van der Waals surface area contributed by atoms with Crippen molar-refractivity contribution in [3.63, 3.8) is 0 Å². The molecule has 1 aliphatic rings. The lowest BCUT2D eigenvalue weighted by Crippen LogP contribution is -2.47. The van der Waals surface area contributed by atoms with Gasteiger partial charge in [-0.25, -0.2) is 19.6 Å². The molecule has 3 heterocycles. The molecule has 0 saturated carbocycles. The van der Waals surface area contributed by atoms with Crippen LogP contribution in [0.3, 0.4) is 0 Å². The Morgan fingerprint density at radius 1 is 1.10 bits per heavy atom. The van der Waals surface area contributed by atoms with Crippen LogP contribution in [0.25, 0.3) is 11.0 Å². The number of aromatic nitrogens is 5. The Labute approximate surface area is 246 Å². The van der Waals surface area contributed by atoms with Gasteiger partial charge in [-0.2, -0.15) is 5.10 Å². The molecule has 3 aromatic rings. The van der Waals surface area contributed by atoms with Crippen molar-refractivity contribution in [1.29, 1.82) is 0 Å². The van der Waals surface area contributed by atoms with Gasteiger partial charge in [0.15, 0.2) is 0 Å². The van der Waals surface area contributed by atoms with Gasteiger partial charge in [0.2, 0.25) is 23.6 Å². The Morgan fingerprint density at radius 2 is 1.81 bits per heavy atom. The summed E-state index contributed by atoms with van der Waals surface area (Å²) in [5.74, 6) is 1.50. The van der Waals surface area contributed by atoms with Gasteiger partial charge in [-0.15, -0.1) is 0 Å². The molecule has 0 unspecified atom stereocenters. The third-order valence-corrected chi connectivity index (χ3v) is 7.62. The highest BCUT2D eigenvalue weighted by Crippen LogP contribution is 2.23. The SMILES string of the molecule is COc1nc2ccccc2nc1CCC(=O)N1CCCC(=O)N(C)[C@@H](C)C(=O)N[C@H](CC(C)C)c2nc(C)nn2CC1. The predicted octanol–water partition coefficient (Wildman–Crippen LogP) is 2.84. The van der Waals surface area contributed by atoms with Crippen LogP contribution in [-0.4, -0.2) is 85.5 Å². The number of aryl methyl sites for hydroxylation is 2. The van der Waals surface area contributed by atoms with E-state index in [2.05, 4.69) is 34.2 Å². The number of nitrogens with zero attached hydrogens (tertiary/aromatic N) is 7. The molecule has 0 radical (unpaired) electrons. The molecule has 0 aliphatic carbocycles. The number of rotatable bonds is 6. The fourth-order valence-electron chi connectivity index (χ4n) is 5.18. The molecule has 0 saturated heterocycles. The van der Waals surface area contributed by atoms with Crippen LogP contribution < -0.4 is 10.1 Å². The number of carbonyl (C=O) groups excluding carboxylic acids is 3. The number of methoxy groups -OCH3 is 1. The van der Waals surface area contributed by atoms with Crippen LogP contribution in [0.4, 0.5) is 0 Å². The number of para-hydroxylation sites is 2. The maximum Gasteiger partial charge on any atom is 0.243 e. The van der Waals surface area contributed by atoms with Crippen LogP contribution in [0.15, 0.2) is 24.3 Å². The number of likely N-dealkylation sites (N-methyl/N-ethyl adjacent to an activating group) is 1. The van der Waals surface area contributed by atoms with Gasteiger partial charge in [0, 0.05) is 39.4 Å². The average molecular weight is 579 g/mol. The summed E-state index contributed by atoms with van der Waals surface area (Å²) in [6, 6.07) is 6.52. The van der Waals surface area contributed by atoms with Crippen molar-refractivity contribution >= 4 is 28.8 Å². The van der Waals surface area contributed by atoms with E-state index in [1.807, 2.05) is 31.2 Å². The molecule has 0 spiro atoms. The summed E-state index contributed by atoms with van der Waals surface area (Å²) in [7, 11) is 3.19. The third kappa shape index (κ3) is 7.40. The summed E-state index contributed by atoms with van der Waals surface area (Å²) in [5.41, 5.74) is 2.10. The highest BCUT2D eigenvalue weighted by atomic mass is 16.5. The van der Waals surface area contributed by atoms with E-state index in [4.69, 9.17) is 9.72 Å². The predicted molar refractivity (Wildman–Crippen MR) is 158 cm³/mol. The maximum absolute atomic E-state index is 13.6. The van der Waals surface area contributed by atoms with Crippen LogP contribution >= 0.6 is 0 Å². The molecule has 3 amide bonds. The minimum atomic E-state index is -0.650. The van der Waals surface area contributed by atoms with Crippen molar-refractivity contribution in [3.8, 4) is 5.88 Å². The summed E-state index contributed by atoms with van der Waals surface area (Å²) in [6.45, 7) is 8.91. The minimum absolute atomic E-state index is 0.0568. The first-order valence-electron chi connectivity index (χ1n) is 14.6. The van der Waals surface area contributed by atoms with E-state index in [0.717, 1.165) is 11.0 Å². The Morgan fingerprint density at radius 3 is 2.50 bits per heavy atom. The van der Waals surface area contributed by atoms with E-state index in [1.54, 1.807) is 30.7 Å². The van der Waals surface area contributed by atoms with Crippen molar-refractivity contribution in [3.05, 3.63) is 41.6 Å². The van der Waals surface area contributed by atoms with E-state index in [9.17, 15) is 14.4 Å². The largest absolute Gasteiger partial charge is 0.480 e. The summed E-state index contributed by atoms with van der Waals surface area (Å²) < 4.78 is 7.27. The molecule has 1 N–H and O–H groups in total. The number of fused-ring (bicyclic) bond motifs is 2. The number of benzene rings is 1. The van der Waals surface area contributed by atoms with E-state index in [1.165, 1.54) is 4.90 Å². The Balaban J connectivity index is 1.57. The first-order valence-corrected chi connectivity index (χ1v) is 14.6. The number of hydrogen-bond acceptors (Lipinski definition) is 8. The molecule has 2 atom stereocenters. The third-order valence-electron chi connectivity index (χ3n) is 7.62. The molecule has 12 heteroatoms. The van der Waals surface area contributed by atoms with Gasteiger partial charge in [-0.05, 0) is 44.7 Å². The van der Waals surface area contributed by atoms with Crippen molar-refractivity contribution in [2.45, 2.75) is 78.4 Å². The van der Waals surface area contributed by atoms with Gasteiger partial charge in [-0.3, -0.25) is 14.4 Å². The Kier molecular flexibility index (Phi) is 10.1. The maximum atomic E-state index is 13.6. The van der Waals surface area contributed by atoms with Crippen LogP contribution in [-0.2, 0) is 27.3 Å². The molecule has 12 nitrogen and oxygen atoms in total. The van der Waals surface area contributed by atoms with Gasteiger partial charge in [-0.1, -0.05) is 26.0 Å². The molecule has 1 aromatic carbocycles. The van der Waals surface area contributed by atoms with E-state index >= 15 is 0 Å². The summed E-state index contributed by atoms with van der Waals surface area (Å²) in [5, 5.41) is 7.71. The number of carbonyl (C=O) groups is 3. The Hall–Kier alpha value is -4.09. The van der Waals surface area contributed by atoms with Gasteiger partial charge >= 0.3 is 0 Å². The van der Waals surface area contributed by atoms with Crippen LogP contribution in [0.5, 0.6) is 5.88 Å². The second-order valence-corrected chi connectivity index (χ2v) is 11.3. The van der Waals surface area contributed by atoms with E-state index < -0.39 is 6.04 Å². The van der Waals surface area contributed by atoms with Crippen molar-refractivity contribution in [2.24, 2.45) is 5.92 Å². The number of ether oxygens (including phenoxy) is 1. The van der Waals surface area contributed by atoms with Crippen molar-refractivity contribution in [1.82, 2.24) is 39.8 Å². The monoisotopic (exact) mass is 578 g/mol. The molecule has 1 aliphatic heterocycles. The molecule has 0 bridgehead atoms. The zero-order valence-electron chi connectivity index (χ0n) is 25.5.